The van der Waals surface area contributed by atoms with Crippen molar-refractivity contribution in [1.29, 1.82) is 0 Å². The van der Waals surface area contributed by atoms with Crippen LogP contribution in [0.1, 0.15) is 41.8 Å². The van der Waals surface area contributed by atoms with Crippen LogP contribution in [0, 0.1) is 13.8 Å². The zero-order valence-corrected chi connectivity index (χ0v) is 12.2. The molecule has 1 aromatic carbocycles. The molecule has 1 aromatic heterocycles. The fourth-order valence-electron chi connectivity index (χ4n) is 2.24. The Morgan fingerprint density at radius 3 is 2.61 bits per heavy atom. The van der Waals surface area contributed by atoms with E-state index < -0.39 is 0 Å². The Bertz CT molecular complexity index is 528. The summed E-state index contributed by atoms with van der Waals surface area (Å²) < 4.78 is 0. The van der Waals surface area contributed by atoms with Crippen molar-refractivity contribution in [2.24, 2.45) is 5.73 Å². The Hall–Kier alpha value is -1.12. The molecule has 2 heteroatoms. The van der Waals surface area contributed by atoms with Crippen molar-refractivity contribution in [3.8, 4) is 10.4 Å². The number of thiophene rings is 1. The van der Waals surface area contributed by atoms with Crippen LogP contribution >= 0.6 is 11.3 Å². The first kappa shape index (κ1) is 13.3. The highest BCUT2D eigenvalue weighted by Crippen LogP contribution is 2.34. The lowest BCUT2D eigenvalue weighted by molar-refractivity contribution is 0.648. The summed E-state index contributed by atoms with van der Waals surface area (Å²) in [5.41, 5.74) is 10.2. The maximum absolute atomic E-state index is 6.17. The third-order valence-electron chi connectivity index (χ3n) is 3.24. The lowest BCUT2D eigenvalue weighted by Gasteiger charge is -2.07. The zero-order chi connectivity index (χ0) is 13.1. The molecule has 2 rings (SSSR count). The van der Waals surface area contributed by atoms with E-state index in [9.17, 15) is 0 Å². The average Bonchev–Trinajstić information content (AvgIpc) is 2.78. The van der Waals surface area contributed by atoms with Gasteiger partial charge in [-0.2, -0.15) is 0 Å². The maximum atomic E-state index is 6.17. The summed E-state index contributed by atoms with van der Waals surface area (Å²) in [4.78, 5) is 2.63. The molecule has 18 heavy (non-hydrogen) atoms. The Kier molecular flexibility index (Phi) is 4.20. The molecule has 1 atom stereocenters. The van der Waals surface area contributed by atoms with Gasteiger partial charge in [-0.05, 0) is 43.5 Å². The molecule has 1 nitrogen and oxygen atoms in total. The average molecular weight is 259 g/mol. The summed E-state index contributed by atoms with van der Waals surface area (Å²) >= 11 is 1.83. The second-order valence-electron chi connectivity index (χ2n) is 4.92. The van der Waals surface area contributed by atoms with Gasteiger partial charge in [-0.25, -0.2) is 0 Å². The molecule has 2 N–H and O–H groups in total. The molecule has 96 valence electrons. The van der Waals surface area contributed by atoms with Crippen LogP contribution in [-0.2, 0) is 0 Å². The monoisotopic (exact) mass is 259 g/mol. The Balaban J connectivity index is 2.29. The predicted octanol–water partition coefficient (Wildman–Crippen LogP) is 4.83. The van der Waals surface area contributed by atoms with E-state index in [-0.39, 0.29) is 6.04 Å². The van der Waals surface area contributed by atoms with E-state index in [1.807, 2.05) is 11.3 Å². The number of nitrogens with two attached hydrogens (primary N) is 1. The molecule has 1 heterocycles. The molecule has 0 aliphatic rings. The maximum Gasteiger partial charge on any atom is 0.0389 e. The van der Waals surface area contributed by atoms with Crippen molar-refractivity contribution < 1.29 is 0 Å². The lowest BCUT2D eigenvalue weighted by Crippen LogP contribution is -2.07. The van der Waals surface area contributed by atoms with Crippen LogP contribution in [0.2, 0.25) is 0 Å². The van der Waals surface area contributed by atoms with Crippen LogP contribution in [-0.4, -0.2) is 0 Å². The van der Waals surface area contributed by atoms with Gasteiger partial charge in [0.1, 0.15) is 0 Å². The summed E-state index contributed by atoms with van der Waals surface area (Å²) in [6.45, 7) is 6.49. The third-order valence-corrected chi connectivity index (χ3v) is 4.49. The number of hydrogen-bond donors (Lipinski definition) is 1. The fraction of sp³-hybridized carbons (Fsp3) is 0.375. The molecule has 0 amide bonds. The Morgan fingerprint density at radius 1 is 1.17 bits per heavy atom. The van der Waals surface area contributed by atoms with Gasteiger partial charge in [0.2, 0.25) is 0 Å². The van der Waals surface area contributed by atoms with E-state index in [0.717, 1.165) is 12.8 Å². The highest BCUT2D eigenvalue weighted by molar-refractivity contribution is 7.15. The molecule has 0 spiro atoms. The van der Waals surface area contributed by atoms with Crippen molar-refractivity contribution in [1.82, 2.24) is 0 Å². The van der Waals surface area contributed by atoms with Crippen molar-refractivity contribution in [3.05, 3.63) is 46.3 Å². The molecule has 0 saturated heterocycles. The van der Waals surface area contributed by atoms with Crippen LogP contribution in [0.15, 0.2) is 30.3 Å². The second-order valence-corrected chi connectivity index (χ2v) is 6.03. The van der Waals surface area contributed by atoms with E-state index in [2.05, 4.69) is 51.1 Å². The van der Waals surface area contributed by atoms with Gasteiger partial charge in [0, 0.05) is 15.8 Å². The first-order valence-corrected chi connectivity index (χ1v) is 7.36. The van der Waals surface area contributed by atoms with Crippen LogP contribution in [0.4, 0.5) is 0 Å². The minimum Gasteiger partial charge on any atom is -0.323 e. The van der Waals surface area contributed by atoms with E-state index in [4.69, 9.17) is 5.73 Å². The molecule has 0 radical (unpaired) electrons. The van der Waals surface area contributed by atoms with Gasteiger partial charge in [-0.1, -0.05) is 37.1 Å². The van der Waals surface area contributed by atoms with Gasteiger partial charge in [-0.3, -0.25) is 0 Å². The summed E-state index contributed by atoms with van der Waals surface area (Å²) in [5.74, 6) is 0. The highest BCUT2D eigenvalue weighted by atomic mass is 32.1. The van der Waals surface area contributed by atoms with Gasteiger partial charge in [-0.15, -0.1) is 11.3 Å². The molecule has 0 bridgehead atoms. The van der Waals surface area contributed by atoms with E-state index >= 15 is 0 Å². The standard InChI is InChI=1S/C16H21NS/c1-4-5-14(17)16-9-8-15(18-16)13-7-6-11(2)10-12(13)3/h6-10,14H,4-5,17H2,1-3H3. The van der Waals surface area contributed by atoms with Crippen molar-refractivity contribution in [2.45, 2.75) is 39.7 Å². The topological polar surface area (TPSA) is 26.0 Å². The van der Waals surface area contributed by atoms with Gasteiger partial charge in [0.15, 0.2) is 0 Å². The highest BCUT2D eigenvalue weighted by Gasteiger charge is 2.10. The Labute approximate surface area is 114 Å². The van der Waals surface area contributed by atoms with Gasteiger partial charge in [0.05, 0.1) is 0 Å². The van der Waals surface area contributed by atoms with Crippen LogP contribution in [0.5, 0.6) is 0 Å². The lowest BCUT2D eigenvalue weighted by atomic mass is 10.0. The SMILES string of the molecule is CCCC(N)c1ccc(-c2ccc(C)cc2C)s1. The smallest absolute Gasteiger partial charge is 0.0389 e. The summed E-state index contributed by atoms with van der Waals surface area (Å²) in [7, 11) is 0. The van der Waals surface area contributed by atoms with Crippen molar-refractivity contribution in [2.75, 3.05) is 0 Å². The van der Waals surface area contributed by atoms with E-state index in [1.54, 1.807) is 0 Å². The van der Waals surface area contributed by atoms with Gasteiger partial charge < -0.3 is 5.73 Å². The number of benzene rings is 1. The largest absolute Gasteiger partial charge is 0.323 e. The molecular weight excluding hydrogens is 238 g/mol. The normalized spacial score (nSPS) is 12.7. The van der Waals surface area contributed by atoms with Gasteiger partial charge >= 0.3 is 0 Å². The molecule has 2 aromatic rings. The number of rotatable bonds is 4. The van der Waals surface area contributed by atoms with Crippen molar-refractivity contribution in [3.63, 3.8) is 0 Å². The minimum absolute atomic E-state index is 0.194. The second kappa shape index (κ2) is 5.68. The molecule has 0 aliphatic carbocycles. The zero-order valence-electron chi connectivity index (χ0n) is 11.4. The molecule has 1 unspecified atom stereocenters. The summed E-state index contributed by atoms with van der Waals surface area (Å²) in [5, 5.41) is 0. The predicted molar refractivity (Wildman–Crippen MR) is 81.1 cm³/mol. The molecule has 0 aliphatic heterocycles. The first-order valence-electron chi connectivity index (χ1n) is 6.54. The van der Waals surface area contributed by atoms with E-state index in [1.165, 1.54) is 26.4 Å². The Morgan fingerprint density at radius 2 is 1.94 bits per heavy atom. The summed E-state index contributed by atoms with van der Waals surface area (Å²) in [6.07, 6.45) is 2.20. The van der Waals surface area contributed by atoms with Crippen LogP contribution in [0.25, 0.3) is 10.4 Å². The summed E-state index contributed by atoms with van der Waals surface area (Å²) in [6, 6.07) is 11.2. The van der Waals surface area contributed by atoms with Crippen molar-refractivity contribution >= 4 is 11.3 Å². The third kappa shape index (κ3) is 2.82. The minimum atomic E-state index is 0.194. The number of hydrogen-bond acceptors (Lipinski definition) is 2. The van der Waals surface area contributed by atoms with Crippen LogP contribution in [0.3, 0.4) is 0 Å². The quantitative estimate of drug-likeness (QED) is 0.836. The van der Waals surface area contributed by atoms with Gasteiger partial charge in [0.25, 0.3) is 0 Å². The molecular formula is C16H21NS. The van der Waals surface area contributed by atoms with E-state index in [0.29, 0.717) is 0 Å². The first-order chi connectivity index (χ1) is 8.61. The molecule has 0 fully saturated rings. The number of aryl methyl sites for hydroxylation is 2. The fourth-order valence-corrected chi connectivity index (χ4v) is 3.37. The van der Waals surface area contributed by atoms with Crippen LogP contribution < -0.4 is 5.73 Å². The molecule has 0 saturated carbocycles.